The Morgan fingerprint density at radius 2 is 1.83 bits per heavy atom. The topological polar surface area (TPSA) is 41.6 Å². The molecule has 0 saturated carbocycles. The number of nitrogens with zero attached hydrogens (tertiary/aromatic N) is 1. The van der Waals surface area contributed by atoms with E-state index in [9.17, 15) is 4.79 Å². The molecular formula is C18H26N2O2S. The Labute approximate surface area is 144 Å². The highest BCUT2D eigenvalue weighted by molar-refractivity contribution is 7.80. The van der Waals surface area contributed by atoms with Gasteiger partial charge in [0, 0.05) is 18.7 Å². The van der Waals surface area contributed by atoms with Crippen LogP contribution in [0.2, 0.25) is 0 Å². The molecule has 1 unspecified atom stereocenters. The van der Waals surface area contributed by atoms with Gasteiger partial charge in [0.15, 0.2) is 5.11 Å². The fourth-order valence-electron chi connectivity index (χ4n) is 2.52. The Hall–Kier alpha value is -1.62. The number of amides is 1. The molecule has 1 atom stereocenters. The smallest absolute Gasteiger partial charge is 0.257 e. The van der Waals surface area contributed by atoms with Crippen LogP contribution < -0.4 is 10.1 Å². The maximum absolute atomic E-state index is 12.3. The molecule has 0 spiro atoms. The van der Waals surface area contributed by atoms with Crippen LogP contribution in [-0.4, -0.2) is 35.1 Å². The summed E-state index contributed by atoms with van der Waals surface area (Å²) in [5, 5.41) is 3.38. The normalized spacial score (nSPS) is 16.3. The number of likely N-dealkylation sites (tertiary alicyclic amines) is 1. The predicted octanol–water partition coefficient (Wildman–Crippen LogP) is 3.75. The van der Waals surface area contributed by atoms with Gasteiger partial charge in [0.1, 0.15) is 5.75 Å². The van der Waals surface area contributed by atoms with Gasteiger partial charge in [0.2, 0.25) is 0 Å². The largest absolute Gasteiger partial charge is 0.491 e. The Morgan fingerprint density at radius 3 is 2.39 bits per heavy atom. The van der Waals surface area contributed by atoms with Crippen LogP contribution in [0.15, 0.2) is 24.3 Å². The molecule has 1 aliphatic rings. The van der Waals surface area contributed by atoms with Crippen molar-refractivity contribution in [3.05, 3.63) is 29.8 Å². The van der Waals surface area contributed by atoms with Crippen LogP contribution in [0, 0.1) is 0 Å². The highest BCUT2D eigenvalue weighted by atomic mass is 32.1. The number of benzene rings is 1. The van der Waals surface area contributed by atoms with E-state index in [0.717, 1.165) is 38.1 Å². The molecule has 126 valence electrons. The van der Waals surface area contributed by atoms with Gasteiger partial charge in [-0.2, -0.15) is 0 Å². The van der Waals surface area contributed by atoms with Gasteiger partial charge in [-0.1, -0.05) is 19.8 Å². The van der Waals surface area contributed by atoms with E-state index in [-0.39, 0.29) is 12.0 Å². The fraction of sp³-hybridized carbons (Fsp3) is 0.556. The number of rotatable bonds is 4. The summed E-state index contributed by atoms with van der Waals surface area (Å²) in [6.45, 7) is 5.97. The minimum atomic E-state index is -0.158. The van der Waals surface area contributed by atoms with E-state index in [4.69, 9.17) is 17.0 Å². The first-order valence-electron chi connectivity index (χ1n) is 8.47. The van der Waals surface area contributed by atoms with E-state index in [0.29, 0.717) is 10.7 Å². The van der Waals surface area contributed by atoms with Gasteiger partial charge in [-0.3, -0.25) is 10.1 Å². The van der Waals surface area contributed by atoms with E-state index in [2.05, 4.69) is 17.1 Å². The summed E-state index contributed by atoms with van der Waals surface area (Å²) in [4.78, 5) is 14.4. The molecule has 1 aliphatic heterocycles. The van der Waals surface area contributed by atoms with E-state index in [1.54, 1.807) is 12.1 Å². The summed E-state index contributed by atoms with van der Waals surface area (Å²) in [6.07, 6.45) is 5.88. The van der Waals surface area contributed by atoms with Crippen LogP contribution in [0.3, 0.4) is 0 Å². The number of hydrogen-bond acceptors (Lipinski definition) is 3. The van der Waals surface area contributed by atoms with Crippen molar-refractivity contribution in [2.24, 2.45) is 0 Å². The van der Waals surface area contributed by atoms with Gasteiger partial charge in [0.25, 0.3) is 5.91 Å². The monoisotopic (exact) mass is 334 g/mol. The van der Waals surface area contributed by atoms with Crippen molar-refractivity contribution in [1.29, 1.82) is 0 Å². The lowest BCUT2D eigenvalue weighted by Gasteiger charge is -2.23. The maximum atomic E-state index is 12.3. The fourth-order valence-corrected chi connectivity index (χ4v) is 2.80. The van der Waals surface area contributed by atoms with E-state index < -0.39 is 0 Å². The summed E-state index contributed by atoms with van der Waals surface area (Å²) >= 11 is 5.38. The van der Waals surface area contributed by atoms with Crippen LogP contribution in [0.1, 0.15) is 56.3 Å². The van der Waals surface area contributed by atoms with Gasteiger partial charge in [-0.25, -0.2) is 0 Å². The van der Waals surface area contributed by atoms with Crippen molar-refractivity contribution in [3.63, 3.8) is 0 Å². The second-order valence-corrected chi connectivity index (χ2v) is 6.41. The zero-order chi connectivity index (χ0) is 16.7. The van der Waals surface area contributed by atoms with Crippen molar-refractivity contribution in [2.45, 2.75) is 52.1 Å². The van der Waals surface area contributed by atoms with E-state index in [1.807, 2.05) is 19.1 Å². The minimum Gasteiger partial charge on any atom is -0.491 e. The quantitative estimate of drug-likeness (QED) is 0.852. The summed E-state index contributed by atoms with van der Waals surface area (Å²) in [5.41, 5.74) is 0.596. The van der Waals surface area contributed by atoms with Crippen molar-refractivity contribution in [2.75, 3.05) is 13.1 Å². The molecule has 1 amide bonds. The van der Waals surface area contributed by atoms with E-state index >= 15 is 0 Å². The molecule has 1 fully saturated rings. The summed E-state index contributed by atoms with van der Waals surface area (Å²) in [5.74, 6) is 0.625. The summed E-state index contributed by atoms with van der Waals surface area (Å²) in [7, 11) is 0. The predicted molar refractivity (Wildman–Crippen MR) is 96.9 cm³/mol. The highest BCUT2D eigenvalue weighted by Crippen LogP contribution is 2.15. The number of hydrogen-bond donors (Lipinski definition) is 1. The van der Waals surface area contributed by atoms with Crippen LogP contribution in [0.25, 0.3) is 0 Å². The second-order valence-electron chi connectivity index (χ2n) is 6.02. The summed E-state index contributed by atoms with van der Waals surface area (Å²) < 4.78 is 5.72. The molecule has 1 heterocycles. The van der Waals surface area contributed by atoms with Gasteiger partial charge in [0.05, 0.1) is 6.10 Å². The lowest BCUT2D eigenvalue weighted by molar-refractivity contribution is 0.0973. The second kappa shape index (κ2) is 8.87. The molecule has 1 N–H and O–H groups in total. The minimum absolute atomic E-state index is 0.158. The van der Waals surface area contributed by atoms with Gasteiger partial charge >= 0.3 is 0 Å². The molecule has 1 saturated heterocycles. The highest BCUT2D eigenvalue weighted by Gasteiger charge is 2.15. The lowest BCUT2D eigenvalue weighted by Crippen LogP contribution is -2.43. The first kappa shape index (κ1) is 17.7. The lowest BCUT2D eigenvalue weighted by atomic mass is 10.2. The van der Waals surface area contributed by atoms with E-state index in [1.165, 1.54) is 12.8 Å². The van der Waals surface area contributed by atoms with Gasteiger partial charge < -0.3 is 9.64 Å². The number of carbonyl (C=O) groups is 1. The number of carbonyl (C=O) groups excluding carboxylic acids is 1. The average Bonchev–Trinajstić information content (AvgIpc) is 2.84. The number of ether oxygens (including phenoxy) is 1. The third-order valence-electron chi connectivity index (χ3n) is 4.14. The third kappa shape index (κ3) is 5.50. The van der Waals surface area contributed by atoms with Crippen molar-refractivity contribution in [3.8, 4) is 5.75 Å². The van der Waals surface area contributed by atoms with Crippen molar-refractivity contribution in [1.82, 2.24) is 10.2 Å². The molecular weight excluding hydrogens is 308 g/mol. The average molecular weight is 334 g/mol. The van der Waals surface area contributed by atoms with Crippen LogP contribution in [0.4, 0.5) is 0 Å². The van der Waals surface area contributed by atoms with Gasteiger partial charge in [-0.15, -0.1) is 0 Å². The first-order chi connectivity index (χ1) is 11.1. The SMILES string of the molecule is CCC(C)Oc1ccc(C(=O)NC(=S)N2CCCCCC2)cc1. The zero-order valence-electron chi connectivity index (χ0n) is 14.0. The van der Waals surface area contributed by atoms with Crippen molar-refractivity contribution >= 4 is 23.2 Å². The molecule has 1 aromatic rings. The molecule has 0 aromatic heterocycles. The van der Waals surface area contributed by atoms with Gasteiger partial charge in [-0.05, 0) is 62.7 Å². The molecule has 23 heavy (non-hydrogen) atoms. The Bertz CT molecular complexity index is 522. The Balaban J connectivity index is 1.90. The summed E-state index contributed by atoms with van der Waals surface area (Å²) in [6, 6.07) is 7.21. The molecule has 0 radical (unpaired) electrons. The third-order valence-corrected chi connectivity index (χ3v) is 4.50. The Kier molecular flexibility index (Phi) is 6.84. The molecule has 1 aromatic carbocycles. The molecule has 2 rings (SSSR count). The molecule has 5 heteroatoms. The van der Waals surface area contributed by atoms with Crippen LogP contribution in [-0.2, 0) is 0 Å². The standard InChI is InChI=1S/C18H26N2O2S/c1-3-14(2)22-16-10-8-15(9-11-16)17(21)19-18(23)20-12-6-4-5-7-13-20/h8-11,14H,3-7,12-13H2,1-2H3,(H,19,21,23). The number of nitrogens with one attached hydrogen (secondary N) is 1. The molecule has 0 bridgehead atoms. The van der Waals surface area contributed by atoms with Crippen molar-refractivity contribution < 1.29 is 9.53 Å². The van der Waals surface area contributed by atoms with Crippen LogP contribution >= 0.6 is 12.2 Å². The maximum Gasteiger partial charge on any atom is 0.257 e. The molecule has 4 nitrogen and oxygen atoms in total. The first-order valence-corrected chi connectivity index (χ1v) is 8.88. The Morgan fingerprint density at radius 1 is 1.22 bits per heavy atom. The molecule has 0 aliphatic carbocycles. The zero-order valence-corrected chi connectivity index (χ0v) is 14.8. The van der Waals surface area contributed by atoms with Crippen LogP contribution in [0.5, 0.6) is 5.75 Å². The number of thiocarbonyl (C=S) groups is 1.